The highest BCUT2D eigenvalue weighted by atomic mass is 16.6. The lowest BCUT2D eigenvalue weighted by Gasteiger charge is -2.39. The summed E-state index contributed by atoms with van der Waals surface area (Å²) in [5.74, 6) is -3.87. The van der Waals surface area contributed by atoms with Gasteiger partial charge in [0.05, 0.1) is 37.3 Å². The van der Waals surface area contributed by atoms with Crippen molar-refractivity contribution in [1.29, 1.82) is 0 Å². The highest BCUT2D eigenvalue weighted by Crippen LogP contribution is 2.54. The molecule has 0 aromatic heterocycles. The van der Waals surface area contributed by atoms with Crippen molar-refractivity contribution in [2.45, 2.75) is 82.9 Å². The number of methoxy groups -OCH3 is 1. The first-order valence-corrected chi connectivity index (χ1v) is 17.9. The number of esters is 1. The largest absolute Gasteiger partial charge is 0.455 e. The van der Waals surface area contributed by atoms with Crippen LogP contribution in [0.15, 0.2) is 72.8 Å². The minimum atomic E-state index is -1.54. The lowest BCUT2D eigenvalue weighted by Crippen LogP contribution is -2.58. The number of carbonyl (C=O) groups excluding carboxylic acids is 4. The predicted molar refractivity (Wildman–Crippen MR) is 190 cm³/mol. The third-order valence-electron chi connectivity index (χ3n) is 10.5. The molecule has 0 radical (unpaired) electrons. The Morgan fingerprint density at radius 2 is 1.80 bits per heavy atom. The number of ether oxygens (including phenoxy) is 3. The molecule has 51 heavy (non-hydrogen) atoms. The summed E-state index contributed by atoms with van der Waals surface area (Å²) in [7, 11) is 1.51. The number of nitrogens with one attached hydrogen (secondary N) is 1. The maximum absolute atomic E-state index is 15.0. The molecule has 272 valence electrons. The van der Waals surface area contributed by atoms with E-state index in [1.165, 1.54) is 12.0 Å². The Kier molecular flexibility index (Phi) is 10.8. The van der Waals surface area contributed by atoms with Gasteiger partial charge in [0, 0.05) is 25.8 Å². The molecule has 0 bridgehead atoms. The van der Waals surface area contributed by atoms with Gasteiger partial charge in [0.1, 0.15) is 23.7 Å². The molecule has 1 spiro atoms. The molecule has 2 N–H and O–H groups in total. The van der Waals surface area contributed by atoms with Gasteiger partial charge in [-0.25, -0.2) is 0 Å². The molecule has 4 heterocycles. The zero-order chi connectivity index (χ0) is 36.4. The normalized spacial score (nSPS) is 30.8. The standard InChI is InChI=1S/C40H49N3O8/c1-24(2)20-28(22-44)43-36-38(47)42(30-21-25(3)16-17-26(30)4)19-11-18-40(36)34(37(43)46)33-31(51-40)14-9-10-15-32(45)41-29(23-49-5)35(50-39(33)48)27-12-7-6-8-13-27/h6-9,11-14,16-18,21,24,28-29,31,33-36,44H,10,15,19-20,22-23H2,1-5H3,(H,41,45)/b14-9-/t28-,29+,31+,33-,34-,35+,36+,40-/m1/s1. The van der Waals surface area contributed by atoms with Crippen molar-refractivity contribution >= 4 is 29.4 Å². The Morgan fingerprint density at radius 3 is 2.51 bits per heavy atom. The van der Waals surface area contributed by atoms with Crippen molar-refractivity contribution in [2.75, 3.05) is 31.8 Å². The number of aliphatic hydroxyl groups is 1. The van der Waals surface area contributed by atoms with Crippen molar-refractivity contribution in [1.82, 2.24) is 10.2 Å². The summed E-state index contributed by atoms with van der Waals surface area (Å²) in [6.07, 6.45) is 6.22. The van der Waals surface area contributed by atoms with Crippen LogP contribution in [0.5, 0.6) is 0 Å². The fourth-order valence-electron chi connectivity index (χ4n) is 8.27. The average molecular weight is 700 g/mol. The van der Waals surface area contributed by atoms with E-state index in [1.54, 1.807) is 23.1 Å². The zero-order valence-corrected chi connectivity index (χ0v) is 30.0. The van der Waals surface area contributed by atoms with Gasteiger partial charge in [-0.05, 0) is 55.4 Å². The van der Waals surface area contributed by atoms with E-state index in [4.69, 9.17) is 14.2 Å². The molecule has 2 aromatic carbocycles. The second-order valence-electron chi connectivity index (χ2n) is 14.6. The fourth-order valence-corrected chi connectivity index (χ4v) is 8.27. The first-order chi connectivity index (χ1) is 24.5. The van der Waals surface area contributed by atoms with Crippen LogP contribution in [0.2, 0.25) is 0 Å². The molecule has 6 rings (SSSR count). The Morgan fingerprint density at radius 1 is 1.04 bits per heavy atom. The van der Waals surface area contributed by atoms with Crippen molar-refractivity contribution < 1.29 is 38.5 Å². The maximum Gasteiger partial charge on any atom is 0.313 e. The number of amides is 3. The number of carbonyl (C=O) groups is 4. The van der Waals surface area contributed by atoms with Gasteiger partial charge < -0.3 is 34.4 Å². The van der Waals surface area contributed by atoms with Crippen molar-refractivity contribution in [3.8, 4) is 0 Å². The predicted octanol–water partition coefficient (Wildman–Crippen LogP) is 3.96. The highest BCUT2D eigenvalue weighted by molar-refractivity contribution is 6.06. The fraction of sp³-hybridized carbons (Fsp3) is 0.500. The molecule has 2 aromatic rings. The van der Waals surface area contributed by atoms with Crippen LogP contribution in [0, 0.1) is 31.6 Å². The second-order valence-corrected chi connectivity index (χ2v) is 14.6. The lowest BCUT2D eigenvalue weighted by molar-refractivity contribution is -0.163. The van der Waals surface area contributed by atoms with Crippen LogP contribution in [0.1, 0.15) is 55.9 Å². The summed E-state index contributed by atoms with van der Waals surface area (Å²) in [5.41, 5.74) is 1.71. The minimum Gasteiger partial charge on any atom is -0.455 e. The summed E-state index contributed by atoms with van der Waals surface area (Å²) in [6.45, 7) is 7.83. The van der Waals surface area contributed by atoms with Gasteiger partial charge in [-0.3, -0.25) is 19.2 Å². The quantitative estimate of drug-likeness (QED) is 0.313. The van der Waals surface area contributed by atoms with Crippen LogP contribution in [0.4, 0.5) is 5.69 Å². The third-order valence-corrected chi connectivity index (χ3v) is 10.5. The molecule has 2 saturated heterocycles. The molecule has 2 fully saturated rings. The Labute approximate surface area is 299 Å². The molecular weight excluding hydrogens is 650 g/mol. The SMILES string of the molecule is COC[C@@H]1NC(=O)CC/C=C\[C@@H]2O[C@@]34C=CCN(c5cc(C)ccc5C)C(=O)[C@@H]3N([C@@H](CO)CC(C)C)C(=O)[C@H]4[C@@H]2C(=O)O[C@H]1c1ccccc1. The molecule has 0 saturated carbocycles. The molecule has 0 unspecified atom stereocenters. The summed E-state index contributed by atoms with van der Waals surface area (Å²) >= 11 is 0. The van der Waals surface area contributed by atoms with Crippen LogP contribution in [0.3, 0.4) is 0 Å². The molecule has 3 amide bonds. The first kappa shape index (κ1) is 36.5. The van der Waals surface area contributed by atoms with E-state index in [-0.39, 0.29) is 43.9 Å². The number of hydrogen-bond donors (Lipinski definition) is 2. The summed E-state index contributed by atoms with van der Waals surface area (Å²) in [4.78, 5) is 61.0. The number of allylic oxidation sites excluding steroid dienone is 1. The van der Waals surface area contributed by atoms with Gasteiger partial charge in [-0.2, -0.15) is 0 Å². The number of benzene rings is 2. The molecule has 11 nitrogen and oxygen atoms in total. The number of aliphatic hydroxyl groups excluding tert-OH is 1. The minimum absolute atomic E-state index is 0.0694. The molecule has 4 aliphatic heterocycles. The molecular formula is C40H49N3O8. The topological polar surface area (TPSA) is 135 Å². The lowest BCUT2D eigenvalue weighted by atomic mass is 9.77. The Hall–Kier alpha value is -4.32. The van der Waals surface area contributed by atoms with E-state index in [9.17, 15) is 14.7 Å². The van der Waals surface area contributed by atoms with Crippen molar-refractivity contribution in [3.63, 3.8) is 0 Å². The Balaban J connectivity index is 1.49. The van der Waals surface area contributed by atoms with E-state index in [0.29, 0.717) is 18.4 Å². The highest BCUT2D eigenvalue weighted by Gasteiger charge is 2.72. The first-order valence-electron chi connectivity index (χ1n) is 17.9. The summed E-state index contributed by atoms with van der Waals surface area (Å²) in [6, 6.07) is 12.4. The van der Waals surface area contributed by atoms with Crippen LogP contribution in [-0.2, 0) is 33.4 Å². The van der Waals surface area contributed by atoms with Gasteiger partial charge in [-0.1, -0.05) is 80.6 Å². The Bertz CT molecular complexity index is 1690. The van der Waals surface area contributed by atoms with E-state index in [1.807, 2.05) is 82.3 Å². The van der Waals surface area contributed by atoms with E-state index < -0.39 is 59.6 Å². The number of cyclic esters (lactones) is 1. The maximum atomic E-state index is 15.0. The number of nitrogens with zero attached hydrogens (tertiary/aromatic N) is 2. The number of fused-ring (bicyclic) bond motifs is 2. The summed E-state index contributed by atoms with van der Waals surface area (Å²) in [5, 5.41) is 13.7. The second kappa shape index (κ2) is 15.1. The third kappa shape index (κ3) is 6.86. The van der Waals surface area contributed by atoms with Crippen LogP contribution in [0.25, 0.3) is 0 Å². The van der Waals surface area contributed by atoms with Gasteiger partial charge in [0.2, 0.25) is 11.8 Å². The van der Waals surface area contributed by atoms with Crippen molar-refractivity contribution in [3.05, 3.63) is 89.5 Å². The van der Waals surface area contributed by atoms with Gasteiger partial charge >= 0.3 is 5.97 Å². The average Bonchev–Trinajstić information content (AvgIpc) is 3.49. The van der Waals surface area contributed by atoms with E-state index in [0.717, 1.165) is 16.8 Å². The number of aryl methyl sites for hydroxylation is 2. The van der Waals surface area contributed by atoms with Gasteiger partial charge in [-0.15, -0.1) is 0 Å². The van der Waals surface area contributed by atoms with E-state index in [2.05, 4.69) is 5.32 Å². The number of rotatable bonds is 8. The van der Waals surface area contributed by atoms with Crippen LogP contribution in [-0.4, -0.2) is 90.4 Å². The molecule has 4 aliphatic rings. The molecule has 11 heteroatoms. The van der Waals surface area contributed by atoms with Gasteiger partial charge in [0.15, 0.2) is 0 Å². The smallest absolute Gasteiger partial charge is 0.313 e. The van der Waals surface area contributed by atoms with Crippen LogP contribution >= 0.6 is 0 Å². The van der Waals surface area contributed by atoms with Crippen molar-refractivity contribution in [2.24, 2.45) is 17.8 Å². The van der Waals surface area contributed by atoms with Crippen LogP contribution < -0.4 is 10.2 Å². The number of likely N-dealkylation sites (tertiary alicyclic amines) is 1. The molecule has 0 aliphatic carbocycles. The van der Waals surface area contributed by atoms with Gasteiger partial charge in [0.25, 0.3) is 5.91 Å². The zero-order valence-electron chi connectivity index (χ0n) is 30.0. The summed E-state index contributed by atoms with van der Waals surface area (Å²) < 4.78 is 18.7. The number of hydrogen-bond acceptors (Lipinski definition) is 8. The number of anilines is 1. The molecule has 8 atom stereocenters. The van der Waals surface area contributed by atoms with E-state index >= 15 is 9.59 Å². The monoisotopic (exact) mass is 699 g/mol.